The molecule has 0 radical (unpaired) electrons. The van der Waals surface area contributed by atoms with Crippen LogP contribution in [0.2, 0.25) is 0 Å². The van der Waals surface area contributed by atoms with Gasteiger partial charge in [0.2, 0.25) is 0 Å². The van der Waals surface area contributed by atoms with Crippen molar-refractivity contribution < 1.29 is 14.3 Å². The molecule has 2 aromatic heterocycles. The van der Waals surface area contributed by atoms with E-state index in [1.807, 2.05) is 31.2 Å². The summed E-state index contributed by atoms with van der Waals surface area (Å²) >= 11 is 0. The van der Waals surface area contributed by atoms with Gasteiger partial charge in [0.25, 0.3) is 5.91 Å². The van der Waals surface area contributed by atoms with Gasteiger partial charge in [0.05, 0.1) is 28.5 Å². The molecule has 2 heterocycles. The van der Waals surface area contributed by atoms with Gasteiger partial charge in [-0.1, -0.05) is 29.8 Å². The minimum absolute atomic E-state index is 0.336. The molecule has 0 fully saturated rings. The lowest BCUT2D eigenvalue weighted by molar-refractivity contribution is -0.123. The number of pyridine rings is 1. The molecule has 2 aromatic carbocycles. The standard InChI is InChI=1S/C23H20N4O3/c1-14-5-7-16(8-6-14)21-26-19-10-9-17(12-20(19)27-21)23(29)30-15(2)22(28)25-18-4-3-11-24-13-18/h3-13,15H,1-2H3,(H,25,28)(H,26,27). The molecule has 0 aliphatic heterocycles. The van der Waals surface area contributed by atoms with Gasteiger partial charge in [-0.05, 0) is 44.2 Å². The predicted molar refractivity (Wildman–Crippen MR) is 114 cm³/mol. The molecule has 0 spiro atoms. The summed E-state index contributed by atoms with van der Waals surface area (Å²) in [5.41, 5.74) is 4.45. The molecule has 0 aliphatic rings. The Kier molecular flexibility index (Phi) is 5.26. The number of ether oxygens (including phenoxy) is 1. The van der Waals surface area contributed by atoms with Gasteiger partial charge >= 0.3 is 5.97 Å². The molecule has 4 aromatic rings. The van der Waals surface area contributed by atoms with E-state index in [1.165, 1.54) is 18.7 Å². The molecule has 2 N–H and O–H groups in total. The topological polar surface area (TPSA) is 97.0 Å². The summed E-state index contributed by atoms with van der Waals surface area (Å²) in [4.78, 5) is 36.5. The lowest BCUT2D eigenvalue weighted by Gasteiger charge is -2.13. The Morgan fingerprint density at radius 3 is 2.63 bits per heavy atom. The van der Waals surface area contributed by atoms with E-state index in [0.717, 1.165) is 16.9 Å². The number of rotatable bonds is 5. The Bertz CT molecular complexity index is 1200. The van der Waals surface area contributed by atoms with E-state index >= 15 is 0 Å². The molecule has 30 heavy (non-hydrogen) atoms. The number of aromatic amines is 1. The number of nitrogens with zero attached hydrogens (tertiary/aromatic N) is 2. The van der Waals surface area contributed by atoms with E-state index in [2.05, 4.69) is 20.3 Å². The quantitative estimate of drug-likeness (QED) is 0.491. The summed E-state index contributed by atoms with van der Waals surface area (Å²) in [6.45, 7) is 3.55. The van der Waals surface area contributed by atoms with Gasteiger partial charge in [0.15, 0.2) is 6.10 Å². The zero-order chi connectivity index (χ0) is 21.1. The molecule has 1 unspecified atom stereocenters. The highest BCUT2D eigenvalue weighted by molar-refractivity contribution is 5.98. The van der Waals surface area contributed by atoms with E-state index in [9.17, 15) is 9.59 Å². The third-order valence-electron chi connectivity index (χ3n) is 4.62. The number of carbonyl (C=O) groups excluding carboxylic acids is 2. The average molecular weight is 400 g/mol. The van der Waals surface area contributed by atoms with Crippen LogP contribution in [0.3, 0.4) is 0 Å². The Balaban J connectivity index is 1.47. The second kappa shape index (κ2) is 8.16. The van der Waals surface area contributed by atoms with E-state index in [4.69, 9.17) is 4.74 Å². The van der Waals surface area contributed by atoms with Crippen molar-refractivity contribution in [3.8, 4) is 11.4 Å². The molecule has 4 rings (SSSR count). The van der Waals surface area contributed by atoms with Crippen LogP contribution >= 0.6 is 0 Å². The fourth-order valence-electron chi connectivity index (χ4n) is 2.95. The highest BCUT2D eigenvalue weighted by Crippen LogP contribution is 2.22. The number of nitrogens with one attached hydrogen (secondary N) is 2. The number of carbonyl (C=O) groups is 2. The monoisotopic (exact) mass is 400 g/mol. The molecule has 7 nitrogen and oxygen atoms in total. The van der Waals surface area contributed by atoms with Gasteiger partial charge in [-0.15, -0.1) is 0 Å². The zero-order valence-electron chi connectivity index (χ0n) is 16.5. The normalized spacial score (nSPS) is 11.8. The van der Waals surface area contributed by atoms with Crippen LogP contribution in [0, 0.1) is 6.92 Å². The van der Waals surface area contributed by atoms with E-state index in [0.29, 0.717) is 16.8 Å². The van der Waals surface area contributed by atoms with Crippen molar-refractivity contribution >= 4 is 28.6 Å². The molecule has 1 atom stereocenters. The Morgan fingerprint density at radius 2 is 1.90 bits per heavy atom. The summed E-state index contributed by atoms with van der Waals surface area (Å²) in [6, 6.07) is 16.5. The number of H-pyrrole nitrogens is 1. The van der Waals surface area contributed by atoms with E-state index < -0.39 is 18.0 Å². The fourth-order valence-corrected chi connectivity index (χ4v) is 2.95. The molecule has 1 amide bonds. The molecular formula is C23H20N4O3. The first-order chi connectivity index (χ1) is 14.5. The first kappa shape index (κ1) is 19.3. The second-order valence-electron chi connectivity index (χ2n) is 6.96. The Hall–Kier alpha value is -4.00. The van der Waals surface area contributed by atoms with Crippen LogP contribution in [-0.4, -0.2) is 32.9 Å². The van der Waals surface area contributed by atoms with Crippen molar-refractivity contribution in [3.05, 3.63) is 78.1 Å². The number of fused-ring (bicyclic) bond motifs is 1. The number of hydrogen-bond donors (Lipinski definition) is 2. The minimum atomic E-state index is -0.960. The van der Waals surface area contributed by atoms with Crippen LogP contribution in [0.1, 0.15) is 22.8 Å². The highest BCUT2D eigenvalue weighted by Gasteiger charge is 2.20. The lowest BCUT2D eigenvalue weighted by atomic mass is 10.1. The number of imidazole rings is 1. The molecular weight excluding hydrogens is 380 g/mol. The maximum Gasteiger partial charge on any atom is 0.338 e. The number of amides is 1. The number of esters is 1. The van der Waals surface area contributed by atoms with Gasteiger partial charge in [-0.3, -0.25) is 9.78 Å². The van der Waals surface area contributed by atoms with Crippen LogP contribution in [0.4, 0.5) is 5.69 Å². The van der Waals surface area contributed by atoms with Gasteiger partial charge in [0, 0.05) is 11.8 Å². The minimum Gasteiger partial charge on any atom is -0.449 e. The van der Waals surface area contributed by atoms with E-state index in [1.54, 1.807) is 36.5 Å². The second-order valence-corrected chi connectivity index (χ2v) is 6.96. The number of aromatic nitrogens is 3. The summed E-state index contributed by atoms with van der Waals surface area (Å²) in [5.74, 6) is -0.294. The molecule has 0 bridgehead atoms. The number of hydrogen-bond acceptors (Lipinski definition) is 5. The van der Waals surface area contributed by atoms with Crippen molar-refractivity contribution in [1.29, 1.82) is 0 Å². The maximum atomic E-state index is 12.5. The van der Waals surface area contributed by atoms with Crippen LogP contribution in [0.15, 0.2) is 67.0 Å². The van der Waals surface area contributed by atoms with Gasteiger partial charge in [0.1, 0.15) is 5.82 Å². The van der Waals surface area contributed by atoms with Crippen LogP contribution in [-0.2, 0) is 9.53 Å². The summed E-state index contributed by atoms with van der Waals surface area (Å²) in [6.07, 6.45) is 2.16. The Morgan fingerprint density at radius 1 is 1.10 bits per heavy atom. The lowest BCUT2D eigenvalue weighted by Crippen LogP contribution is -2.30. The molecule has 7 heteroatoms. The van der Waals surface area contributed by atoms with E-state index in [-0.39, 0.29) is 0 Å². The SMILES string of the molecule is Cc1ccc(-c2nc3ccc(C(=O)OC(C)C(=O)Nc4cccnc4)cc3[nH]2)cc1. The van der Waals surface area contributed by atoms with Gasteiger partial charge in [-0.25, -0.2) is 9.78 Å². The average Bonchev–Trinajstić information content (AvgIpc) is 3.18. The van der Waals surface area contributed by atoms with Crippen molar-refractivity contribution in [2.45, 2.75) is 20.0 Å². The largest absolute Gasteiger partial charge is 0.449 e. The Labute approximate surface area is 173 Å². The number of anilines is 1. The van der Waals surface area contributed by atoms with Crippen LogP contribution in [0.25, 0.3) is 22.4 Å². The van der Waals surface area contributed by atoms with Crippen molar-refractivity contribution in [1.82, 2.24) is 15.0 Å². The highest BCUT2D eigenvalue weighted by atomic mass is 16.5. The molecule has 150 valence electrons. The van der Waals surface area contributed by atoms with Crippen molar-refractivity contribution in [3.63, 3.8) is 0 Å². The molecule has 0 saturated heterocycles. The third-order valence-corrected chi connectivity index (χ3v) is 4.62. The third kappa shape index (κ3) is 4.20. The van der Waals surface area contributed by atoms with Gasteiger partial charge in [-0.2, -0.15) is 0 Å². The first-order valence-electron chi connectivity index (χ1n) is 9.48. The molecule has 0 aliphatic carbocycles. The van der Waals surface area contributed by atoms with Crippen LogP contribution < -0.4 is 5.32 Å². The molecule has 0 saturated carbocycles. The van der Waals surface area contributed by atoms with Crippen molar-refractivity contribution in [2.75, 3.05) is 5.32 Å². The van der Waals surface area contributed by atoms with Gasteiger partial charge < -0.3 is 15.0 Å². The first-order valence-corrected chi connectivity index (χ1v) is 9.48. The maximum absolute atomic E-state index is 12.5. The fraction of sp³-hybridized carbons (Fsp3) is 0.130. The van der Waals surface area contributed by atoms with Crippen LogP contribution in [0.5, 0.6) is 0 Å². The van der Waals surface area contributed by atoms with Crippen molar-refractivity contribution in [2.24, 2.45) is 0 Å². The predicted octanol–water partition coefficient (Wildman–Crippen LogP) is 4.12. The number of aryl methyl sites for hydroxylation is 1. The summed E-state index contributed by atoms with van der Waals surface area (Å²) in [7, 11) is 0. The zero-order valence-corrected chi connectivity index (χ0v) is 16.5. The summed E-state index contributed by atoms with van der Waals surface area (Å²) in [5, 5.41) is 2.66. The number of benzene rings is 2. The smallest absolute Gasteiger partial charge is 0.338 e. The summed E-state index contributed by atoms with van der Waals surface area (Å²) < 4.78 is 5.32.